The Morgan fingerprint density at radius 3 is 2.46 bits per heavy atom. The summed E-state index contributed by atoms with van der Waals surface area (Å²) >= 11 is 0. The van der Waals surface area contributed by atoms with E-state index in [9.17, 15) is 9.90 Å². The maximum atomic E-state index is 10.4. The summed E-state index contributed by atoms with van der Waals surface area (Å²) in [5.74, 6) is -0.723. The highest BCUT2D eigenvalue weighted by molar-refractivity contribution is 5.70. The number of carboxylic acid groups (broad SMARTS) is 1. The molecule has 0 heterocycles. The highest BCUT2D eigenvalue weighted by atomic mass is 16.4. The van der Waals surface area contributed by atoms with Crippen LogP contribution in [-0.4, -0.2) is 16.2 Å². The van der Waals surface area contributed by atoms with Gasteiger partial charge in [0.05, 0.1) is 6.42 Å². The fraction of sp³-hybridized carbons (Fsp3) is 0.300. The van der Waals surface area contributed by atoms with Gasteiger partial charge >= 0.3 is 5.97 Å². The Kier molecular flexibility index (Phi) is 2.56. The van der Waals surface area contributed by atoms with Crippen molar-refractivity contribution in [3.8, 4) is 5.75 Å². The topological polar surface area (TPSA) is 57.5 Å². The number of carboxylic acids is 1. The Labute approximate surface area is 76.6 Å². The van der Waals surface area contributed by atoms with E-state index in [1.54, 1.807) is 13.0 Å². The molecule has 0 bridgehead atoms. The van der Waals surface area contributed by atoms with Crippen molar-refractivity contribution in [1.82, 2.24) is 0 Å². The number of hydrogen-bond donors (Lipinski definition) is 2. The Hall–Kier alpha value is -1.51. The van der Waals surface area contributed by atoms with Crippen LogP contribution < -0.4 is 0 Å². The summed E-state index contributed by atoms with van der Waals surface area (Å²) in [5.41, 5.74) is 2.35. The molecular formula is C10H12O3. The van der Waals surface area contributed by atoms with Crippen LogP contribution in [0.1, 0.15) is 16.7 Å². The van der Waals surface area contributed by atoms with Crippen molar-refractivity contribution in [2.45, 2.75) is 20.3 Å². The zero-order valence-corrected chi connectivity index (χ0v) is 7.66. The molecule has 3 heteroatoms. The van der Waals surface area contributed by atoms with Gasteiger partial charge in [0, 0.05) is 0 Å². The number of benzene rings is 1. The summed E-state index contributed by atoms with van der Waals surface area (Å²) in [6.45, 7) is 3.65. The normalized spacial score (nSPS) is 10.0. The molecule has 70 valence electrons. The van der Waals surface area contributed by atoms with E-state index in [0.717, 1.165) is 11.1 Å². The number of carbonyl (C=O) groups is 1. The third-order valence-corrected chi connectivity index (χ3v) is 2.06. The van der Waals surface area contributed by atoms with E-state index in [2.05, 4.69) is 0 Å². The summed E-state index contributed by atoms with van der Waals surface area (Å²) in [7, 11) is 0. The molecule has 1 aromatic carbocycles. The zero-order valence-electron chi connectivity index (χ0n) is 7.66. The van der Waals surface area contributed by atoms with Crippen LogP contribution in [0.2, 0.25) is 0 Å². The Morgan fingerprint density at radius 1 is 1.38 bits per heavy atom. The van der Waals surface area contributed by atoms with Crippen LogP contribution >= 0.6 is 0 Å². The monoisotopic (exact) mass is 180 g/mol. The largest absolute Gasteiger partial charge is 0.508 e. The molecule has 0 fully saturated rings. The van der Waals surface area contributed by atoms with Crippen molar-refractivity contribution in [2.75, 3.05) is 0 Å². The minimum atomic E-state index is -0.886. The third kappa shape index (κ3) is 2.21. The average molecular weight is 180 g/mol. The zero-order chi connectivity index (χ0) is 10.0. The van der Waals surface area contributed by atoms with Crippen LogP contribution in [0, 0.1) is 13.8 Å². The Morgan fingerprint density at radius 2 is 2.00 bits per heavy atom. The maximum Gasteiger partial charge on any atom is 0.307 e. The fourth-order valence-corrected chi connectivity index (χ4v) is 1.19. The Bertz CT molecular complexity index is 319. The van der Waals surface area contributed by atoms with E-state index in [-0.39, 0.29) is 12.2 Å². The molecule has 0 spiro atoms. The molecule has 3 nitrogen and oxygen atoms in total. The highest BCUT2D eigenvalue weighted by Gasteiger charge is 2.05. The van der Waals surface area contributed by atoms with Crippen LogP contribution in [0.4, 0.5) is 0 Å². The minimum absolute atomic E-state index is 0.0469. The molecule has 0 saturated carbocycles. The predicted octanol–water partition coefficient (Wildman–Crippen LogP) is 1.64. The van der Waals surface area contributed by atoms with Crippen molar-refractivity contribution in [3.05, 3.63) is 28.8 Å². The van der Waals surface area contributed by atoms with E-state index < -0.39 is 5.97 Å². The second-order valence-corrected chi connectivity index (χ2v) is 3.13. The molecule has 0 aliphatic rings. The molecule has 1 aromatic rings. The molecule has 0 saturated heterocycles. The van der Waals surface area contributed by atoms with E-state index in [1.165, 1.54) is 6.07 Å². The van der Waals surface area contributed by atoms with Gasteiger partial charge in [-0.15, -0.1) is 0 Å². The predicted molar refractivity (Wildman–Crippen MR) is 48.9 cm³/mol. The average Bonchev–Trinajstić information content (AvgIpc) is 1.98. The summed E-state index contributed by atoms with van der Waals surface area (Å²) < 4.78 is 0. The fourth-order valence-electron chi connectivity index (χ4n) is 1.19. The van der Waals surface area contributed by atoms with Gasteiger partial charge in [-0.3, -0.25) is 4.79 Å². The number of rotatable bonds is 2. The van der Waals surface area contributed by atoms with Crippen LogP contribution in [-0.2, 0) is 11.2 Å². The number of phenols is 1. The molecule has 0 unspecified atom stereocenters. The number of aromatic hydroxyl groups is 1. The van der Waals surface area contributed by atoms with Gasteiger partial charge in [-0.05, 0) is 36.6 Å². The summed E-state index contributed by atoms with van der Waals surface area (Å²) in [6, 6.07) is 3.28. The summed E-state index contributed by atoms with van der Waals surface area (Å²) in [4.78, 5) is 10.4. The van der Waals surface area contributed by atoms with Crippen LogP contribution in [0.15, 0.2) is 12.1 Å². The van der Waals surface area contributed by atoms with E-state index >= 15 is 0 Å². The van der Waals surface area contributed by atoms with Crippen molar-refractivity contribution in [1.29, 1.82) is 0 Å². The van der Waals surface area contributed by atoms with Gasteiger partial charge < -0.3 is 10.2 Å². The van der Waals surface area contributed by atoms with Gasteiger partial charge in [-0.25, -0.2) is 0 Å². The van der Waals surface area contributed by atoms with Gasteiger partial charge in [0.1, 0.15) is 5.75 Å². The lowest BCUT2D eigenvalue weighted by Crippen LogP contribution is -2.00. The van der Waals surface area contributed by atoms with E-state index in [4.69, 9.17) is 5.11 Å². The van der Waals surface area contributed by atoms with Crippen LogP contribution in [0.3, 0.4) is 0 Å². The van der Waals surface area contributed by atoms with E-state index in [0.29, 0.717) is 5.56 Å². The first kappa shape index (κ1) is 9.58. The minimum Gasteiger partial charge on any atom is -0.508 e. The molecule has 2 N–H and O–H groups in total. The molecule has 1 rings (SSSR count). The Balaban J connectivity index is 3.06. The second kappa shape index (κ2) is 3.47. The molecule has 0 amide bonds. The lowest BCUT2D eigenvalue weighted by atomic mass is 10.0. The SMILES string of the molecule is Cc1cc(CC(=O)O)cc(O)c1C. The highest BCUT2D eigenvalue weighted by Crippen LogP contribution is 2.22. The smallest absolute Gasteiger partial charge is 0.307 e. The summed E-state index contributed by atoms with van der Waals surface area (Å²) in [5, 5.41) is 17.9. The molecular weight excluding hydrogens is 168 g/mol. The number of aliphatic carboxylic acids is 1. The van der Waals surface area contributed by atoms with Gasteiger partial charge in [0.25, 0.3) is 0 Å². The lowest BCUT2D eigenvalue weighted by molar-refractivity contribution is -0.136. The molecule has 0 aliphatic heterocycles. The molecule has 0 aliphatic carbocycles. The number of aryl methyl sites for hydroxylation is 1. The standard InChI is InChI=1S/C10H12O3/c1-6-3-8(5-10(12)13)4-9(11)7(6)2/h3-4,11H,5H2,1-2H3,(H,12,13). The van der Waals surface area contributed by atoms with Crippen LogP contribution in [0.5, 0.6) is 5.75 Å². The van der Waals surface area contributed by atoms with Crippen molar-refractivity contribution in [3.63, 3.8) is 0 Å². The number of hydrogen-bond acceptors (Lipinski definition) is 2. The van der Waals surface area contributed by atoms with Crippen molar-refractivity contribution < 1.29 is 15.0 Å². The van der Waals surface area contributed by atoms with Crippen molar-refractivity contribution >= 4 is 5.97 Å². The van der Waals surface area contributed by atoms with Crippen molar-refractivity contribution in [2.24, 2.45) is 0 Å². The first-order chi connectivity index (χ1) is 6.00. The third-order valence-electron chi connectivity index (χ3n) is 2.06. The molecule has 0 atom stereocenters. The molecule has 0 aromatic heterocycles. The first-order valence-corrected chi connectivity index (χ1v) is 4.01. The van der Waals surface area contributed by atoms with Gasteiger partial charge in [-0.1, -0.05) is 6.07 Å². The molecule has 0 radical (unpaired) electrons. The molecule has 13 heavy (non-hydrogen) atoms. The second-order valence-electron chi connectivity index (χ2n) is 3.13. The first-order valence-electron chi connectivity index (χ1n) is 4.01. The lowest BCUT2D eigenvalue weighted by Gasteiger charge is -2.05. The van der Waals surface area contributed by atoms with Gasteiger partial charge in [0.15, 0.2) is 0 Å². The number of phenolic OH excluding ortho intramolecular Hbond substituents is 1. The van der Waals surface area contributed by atoms with Gasteiger partial charge in [0.2, 0.25) is 0 Å². The van der Waals surface area contributed by atoms with Crippen LogP contribution in [0.25, 0.3) is 0 Å². The quantitative estimate of drug-likeness (QED) is 0.727. The van der Waals surface area contributed by atoms with E-state index in [1.807, 2.05) is 6.92 Å². The maximum absolute atomic E-state index is 10.4. The van der Waals surface area contributed by atoms with Gasteiger partial charge in [-0.2, -0.15) is 0 Å². The summed E-state index contributed by atoms with van der Waals surface area (Å²) in [6.07, 6.45) is -0.0469.